The summed E-state index contributed by atoms with van der Waals surface area (Å²) >= 11 is 3.47. The highest BCUT2D eigenvalue weighted by Crippen LogP contribution is 2.25. The summed E-state index contributed by atoms with van der Waals surface area (Å²) in [6, 6.07) is 11.9. The summed E-state index contributed by atoms with van der Waals surface area (Å²) in [6.45, 7) is 4.68. The number of halogens is 1. The lowest BCUT2D eigenvalue weighted by atomic mass is 10.1. The summed E-state index contributed by atoms with van der Waals surface area (Å²) in [4.78, 5) is 0. The van der Waals surface area contributed by atoms with Crippen LogP contribution in [0.4, 0.5) is 5.69 Å². The molecule has 0 heterocycles. The number of anilines is 1. The van der Waals surface area contributed by atoms with Crippen molar-refractivity contribution < 1.29 is 4.74 Å². The molecular formula is C15H16BrNO. The van der Waals surface area contributed by atoms with Crippen LogP contribution >= 0.6 is 15.9 Å². The topological polar surface area (TPSA) is 35.2 Å². The van der Waals surface area contributed by atoms with E-state index in [4.69, 9.17) is 10.5 Å². The highest BCUT2D eigenvalue weighted by Gasteiger charge is 2.04. The normalized spacial score (nSPS) is 10.4. The minimum absolute atomic E-state index is 0.508. The third-order valence-electron chi connectivity index (χ3n) is 2.98. The van der Waals surface area contributed by atoms with Crippen molar-refractivity contribution in [1.29, 1.82) is 0 Å². The Hall–Kier alpha value is -1.48. The second-order valence-electron chi connectivity index (χ2n) is 4.36. The molecule has 0 aromatic heterocycles. The van der Waals surface area contributed by atoms with Gasteiger partial charge in [0.1, 0.15) is 12.4 Å². The van der Waals surface area contributed by atoms with E-state index in [1.165, 1.54) is 11.1 Å². The van der Waals surface area contributed by atoms with Gasteiger partial charge in [-0.05, 0) is 59.1 Å². The molecule has 0 aliphatic carbocycles. The fourth-order valence-electron chi connectivity index (χ4n) is 1.68. The van der Waals surface area contributed by atoms with Crippen LogP contribution < -0.4 is 10.5 Å². The molecule has 2 rings (SSSR count). The molecule has 0 saturated carbocycles. The zero-order valence-electron chi connectivity index (χ0n) is 10.5. The second kappa shape index (κ2) is 5.44. The van der Waals surface area contributed by atoms with E-state index in [9.17, 15) is 0 Å². The molecular weight excluding hydrogens is 290 g/mol. The van der Waals surface area contributed by atoms with Crippen molar-refractivity contribution in [3.05, 3.63) is 57.6 Å². The quantitative estimate of drug-likeness (QED) is 0.861. The molecule has 0 aliphatic heterocycles. The Labute approximate surface area is 116 Å². The lowest BCUT2D eigenvalue weighted by molar-refractivity contribution is 0.305. The summed E-state index contributed by atoms with van der Waals surface area (Å²) in [6.07, 6.45) is 0. The standard InChI is InChI=1S/C15H16BrNO/c1-10-6-7-13(8-11(10)2)18-9-12-4-3-5-14(17)15(12)16/h3-8H,9,17H2,1-2H3. The van der Waals surface area contributed by atoms with Crippen molar-refractivity contribution in [3.63, 3.8) is 0 Å². The Kier molecular flexibility index (Phi) is 3.92. The zero-order chi connectivity index (χ0) is 13.1. The Morgan fingerprint density at radius 3 is 2.61 bits per heavy atom. The van der Waals surface area contributed by atoms with E-state index in [0.29, 0.717) is 6.61 Å². The van der Waals surface area contributed by atoms with Crippen molar-refractivity contribution in [2.45, 2.75) is 20.5 Å². The third-order valence-corrected chi connectivity index (χ3v) is 3.95. The minimum Gasteiger partial charge on any atom is -0.489 e. The number of benzene rings is 2. The van der Waals surface area contributed by atoms with Crippen LogP contribution in [0.5, 0.6) is 5.75 Å². The first-order valence-corrected chi connectivity index (χ1v) is 6.60. The van der Waals surface area contributed by atoms with Crippen molar-refractivity contribution in [1.82, 2.24) is 0 Å². The van der Waals surface area contributed by atoms with E-state index >= 15 is 0 Å². The average molecular weight is 306 g/mol. The molecule has 0 bridgehead atoms. The molecule has 3 heteroatoms. The van der Waals surface area contributed by atoms with Crippen LogP contribution in [-0.4, -0.2) is 0 Å². The molecule has 2 aromatic rings. The first-order valence-electron chi connectivity index (χ1n) is 5.81. The number of ether oxygens (including phenoxy) is 1. The van der Waals surface area contributed by atoms with Crippen LogP contribution in [-0.2, 0) is 6.61 Å². The fourth-order valence-corrected chi connectivity index (χ4v) is 2.05. The number of nitrogen functional groups attached to an aromatic ring is 1. The third kappa shape index (κ3) is 2.85. The SMILES string of the molecule is Cc1ccc(OCc2cccc(N)c2Br)cc1C. The van der Waals surface area contributed by atoms with Crippen LogP contribution in [0.25, 0.3) is 0 Å². The van der Waals surface area contributed by atoms with Gasteiger partial charge in [-0.15, -0.1) is 0 Å². The number of hydrogen-bond acceptors (Lipinski definition) is 2. The van der Waals surface area contributed by atoms with Crippen LogP contribution in [0.3, 0.4) is 0 Å². The molecule has 0 fully saturated rings. The van der Waals surface area contributed by atoms with Crippen molar-refractivity contribution in [2.75, 3.05) is 5.73 Å². The van der Waals surface area contributed by atoms with Gasteiger partial charge in [0.25, 0.3) is 0 Å². The first-order chi connectivity index (χ1) is 8.58. The van der Waals surface area contributed by atoms with Crippen LogP contribution in [0.1, 0.15) is 16.7 Å². The monoisotopic (exact) mass is 305 g/mol. The highest BCUT2D eigenvalue weighted by molar-refractivity contribution is 9.10. The van der Waals surface area contributed by atoms with Crippen LogP contribution in [0, 0.1) is 13.8 Å². The maximum absolute atomic E-state index is 5.83. The molecule has 0 saturated heterocycles. The number of nitrogens with two attached hydrogens (primary N) is 1. The van der Waals surface area contributed by atoms with E-state index in [2.05, 4.69) is 41.9 Å². The largest absolute Gasteiger partial charge is 0.489 e. The Morgan fingerprint density at radius 2 is 1.89 bits per heavy atom. The van der Waals surface area contributed by atoms with E-state index in [-0.39, 0.29) is 0 Å². The zero-order valence-corrected chi connectivity index (χ0v) is 12.1. The lowest BCUT2D eigenvalue weighted by Gasteiger charge is -2.10. The van der Waals surface area contributed by atoms with Gasteiger partial charge >= 0.3 is 0 Å². The molecule has 0 aliphatic rings. The second-order valence-corrected chi connectivity index (χ2v) is 5.15. The predicted molar refractivity (Wildman–Crippen MR) is 78.8 cm³/mol. The Balaban J connectivity index is 2.11. The first kappa shape index (κ1) is 13.0. The van der Waals surface area contributed by atoms with Gasteiger partial charge in [-0.25, -0.2) is 0 Å². The maximum atomic E-state index is 5.83. The smallest absolute Gasteiger partial charge is 0.120 e. The predicted octanol–water partition coefficient (Wildman–Crippen LogP) is 4.23. The molecule has 0 radical (unpaired) electrons. The van der Waals surface area contributed by atoms with Crippen molar-refractivity contribution in [2.24, 2.45) is 0 Å². The summed E-state index contributed by atoms with van der Waals surface area (Å²) in [7, 11) is 0. The number of rotatable bonds is 3. The van der Waals surface area contributed by atoms with Gasteiger partial charge in [-0.2, -0.15) is 0 Å². The fraction of sp³-hybridized carbons (Fsp3) is 0.200. The van der Waals surface area contributed by atoms with Crippen molar-refractivity contribution in [3.8, 4) is 5.75 Å². The number of hydrogen-bond donors (Lipinski definition) is 1. The van der Waals surface area contributed by atoms with Crippen molar-refractivity contribution >= 4 is 21.6 Å². The molecule has 0 spiro atoms. The molecule has 2 nitrogen and oxygen atoms in total. The van der Waals surface area contributed by atoms with Gasteiger partial charge < -0.3 is 10.5 Å². The van der Waals surface area contributed by atoms with Gasteiger partial charge in [0.05, 0.1) is 0 Å². The maximum Gasteiger partial charge on any atom is 0.120 e. The Morgan fingerprint density at radius 1 is 1.11 bits per heavy atom. The molecule has 94 valence electrons. The summed E-state index contributed by atoms with van der Waals surface area (Å²) in [5.74, 6) is 0.882. The van der Waals surface area contributed by atoms with E-state index in [1.807, 2.05) is 24.3 Å². The lowest BCUT2D eigenvalue weighted by Crippen LogP contribution is -1.99. The summed E-state index contributed by atoms with van der Waals surface area (Å²) < 4.78 is 6.69. The van der Waals surface area contributed by atoms with Gasteiger partial charge in [0.15, 0.2) is 0 Å². The highest BCUT2D eigenvalue weighted by atomic mass is 79.9. The number of aryl methyl sites for hydroxylation is 2. The molecule has 0 atom stereocenters. The van der Waals surface area contributed by atoms with E-state index in [0.717, 1.165) is 21.5 Å². The van der Waals surface area contributed by atoms with E-state index < -0.39 is 0 Å². The minimum atomic E-state index is 0.508. The summed E-state index contributed by atoms with van der Waals surface area (Å²) in [5, 5.41) is 0. The van der Waals surface area contributed by atoms with Gasteiger partial charge in [0, 0.05) is 15.7 Å². The van der Waals surface area contributed by atoms with Crippen LogP contribution in [0.2, 0.25) is 0 Å². The molecule has 0 unspecified atom stereocenters. The Bertz CT molecular complexity index is 566. The van der Waals surface area contributed by atoms with Gasteiger partial charge in [-0.3, -0.25) is 0 Å². The molecule has 2 aromatic carbocycles. The summed E-state index contributed by atoms with van der Waals surface area (Å²) in [5.41, 5.74) is 10.1. The van der Waals surface area contributed by atoms with Gasteiger partial charge in [-0.1, -0.05) is 18.2 Å². The van der Waals surface area contributed by atoms with Gasteiger partial charge in [0.2, 0.25) is 0 Å². The van der Waals surface area contributed by atoms with E-state index in [1.54, 1.807) is 0 Å². The average Bonchev–Trinajstić information content (AvgIpc) is 2.35. The molecule has 0 amide bonds. The molecule has 2 N–H and O–H groups in total. The molecule has 18 heavy (non-hydrogen) atoms. The van der Waals surface area contributed by atoms with Crippen LogP contribution in [0.15, 0.2) is 40.9 Å².